The van der Waals surface area contributed by atoms with Crippen molar-refractivity contribution in [2.75, 3.05) is 31.1 Å². The van der Waals surface area contributed by atoms with Crippen molar-refractivity contribution < 1.29 is 5.32 Å². The molecule has 1 aliphatic heterocycles. The molecule has 13 heavy (non-hydrogen) atoms. The van der Waals surface area contributed by atoms with Crippen LogP contribution in [0.2, 0.25) is 0 Å². The summed E-state index contributed by atoms with van der Waals surface area (Å²) in [4.78, 5) is 6.69. The molecule has 4 heteroatoms. The van der Waals surface area contributed by atoms with Crippen molar-refractivity contribution in [3.05, 3.63) is 22.8 Å². The van der Waals surface area contributed by atoms with Crippen LogP contribution in [0.15, 0.2) is 22.8 Å². The molecule has 0 aromatic carbocycles. The third-order valence-corrected chi connectivity index (χ3v) is 2.86. The predicted octanol–water partition coefficient (Wildman–Crippen LogP) is 0.227. The quantitative estimate of drug-likeness (QED) is 0.765. The van der Waals surface area contributed by atoms with E-state index in [2.05, 4.69) is 31.1 Å². The standard InChI is InChI=1S/C9H12BrN3/c10-8-2-1-3-12-9(8)13-6-4-11-5-7-13/h1-3,11H,4-7H2/p+1. The highest BCUT2D eigenvalue weighted by Gasteiger charge is 2.15. The Morgan fingerprint density at radius 3 is 2.85 bits per heavy atom. The van der Waals surface area contributed by atoms with E-state index in [-0.39, 0.29) is 0 Å². The Labute approximate surface area is 86.3 Å². The smallest absolute Gasteiger partial charge is 0.143 e. The maximum absolute atomic E-state index is 4.37. The molecule has 2 rings (SSSR count). The Kier molecular flexibility index (Phi) is 2.80. The molecule has 70 valence electrons. The van der Waals surface area contributed by atoms with E-state index in [1.165, 1.54) is 13.1 Å². The number of halogens is 1. The molecule has 2 N–H and O–H groups in total. The Morgan fingerprint density at radius 1 is 1.38 bits per heavy atom. The number of piperazine rings is 1. The summed E-state index contributed by atoms with van der Waals surface area (Å²) in [5.74, 6) is 1.08. The third-order valence-electron chi connectivity index (χ3n) is 2.24. The fraction of sp³-hybridized carbons (Fsp3) is 0.444. The van der Waals surface area contributed by atoms with Gasteiger partial charge >= 0.3 is 0 Å². The Hall–Kier alpha value is -0.610. The van der Waals surface area contributed by atoms with Gasteiger partial charge in [0.2, 0.25) is 0 Å². The van der Waals surface area contributed by atoms with Gasteiger partial charge in [0, 0.05) is 6.20 Å². The van der Waals surface area contributed by atoms with Gasteiger partial charge in [-0.25, -0.2) is 4.98 Å². The van der Waals surface area contributed by atoms with Gasteiger partial charge in [0.1, 0.15) is 5.82 Å². The van der Waals surface area contributed by atoms with Gasteiger partial charge in [-0.05, 0) is 28.1 Å². The summed E-state index contributed by atoms with van der Waals surface area (Å²) in [6.07, 6.45) is 1.85. The van der Waals surface area contributed by atoms with Gasteiger partial charge in [0.15, 0.2) is 0 Å². The number of hydrogen-bond donors (Lipinski definition) is 1. The molecule has 0 spiro atoms. The number of rotatable bonds is 1. The fourth-order valence-electron chi connectivity index (χ4n) is 1.57. The lowest BCUT2D eigenvalue weighted by Crippen LogP contribution is -2.89. The van der Waals surface area contributed by atoms with Crippen molar-refractivity contribution in [3.63, 3.8) is 0 Å². The number of hydrogen-bond acceptors (Lipinski definition) is 2. The maximum atomic E-state index is 4.37. The summed E-state index contributed by atoms with van der Waals surface area (Å²) < 4.78 is 1.09. The van der Waals surface area contributed by atoms with Crippen LogP contribution < -0.4 is 10.2 Å². The molecule has 0 radical (unpaired) electrons. The van der Waals surface area contributed by atoms with Crippen LogP contribution in [-0.4, -0.2) is 31.2 Å². The van der Waals surface area contributed by atoms with Crippen LogP contribution in [0.3, 0.4) is 0 Å². The number of quaternary nitrogens is 1. The highest BCUT2D eigenvalue weighted by atomic mass is 79.9. The van der Waals surface area contributed by atoms with E-state index in [0.717, 1.165) is 23.4 Å². The molecule has 1 saturated heterocycles. The minimum atomic E-state index is 1.08. The van der Waals surface area contributed by atoms with Crippen molar-refractivity contribution in [2.24, 2.45) is 0 Å². The van der Waals surface area contributed by atoms with Crippen LogP contribution in [0.25, 0.3) is 0 Å². The van der Waals surface area contributed by atoms with Gasteiger partial charge in [0.05, 0.1) is 30.7 Å². The monoisotopic (exact) mass is 242 g/mol. The van der Waals surface area contributed by atoms with Crippen molar-refractivity contribution in [3.8, 4) is 0 Å². The number of nitrogens with zero attached hydrogens (tertiary/aromatic N) is 2. The lowest BCUT2D eigenvalue weighted by Gasteiger charge is -2.26. The van der Waals surface area contributed by atoms with Crippen LogP contribution >= 0.6 is 15.9 Å². The van der Waals surface area contributed by atoms with Crippen LogP contribution in [-0.2, 0) is 0 Å². The Morgan fingerprint density at radius 2 is 2.15 bits per heavy atom. The molecule has 1 fully saturated rings. The normalized spacial score (nSPS) is 17.5. The first-order valence-electron chi connectivity index (χ1n) is 4.55. The number of nitrogens with two attached hydrogens (primary N) is 1. The molecule has 1 aromatic rings. The lowest BCUT2D eigenvalue weighted by atomic mass is 10.3. The minimum Gasteiger partial charge on any atom is -0.344 e. The average Bonchev–Trinajstić information content (AvgIpc) is 2.20. The first-order chi connectivity index (χ1) is 6.38. The number of pyridine rings is 1. The van der Waals surface area contributed by atoms with Gasteiger partial charge in [-0.1, -0.05) is 0 Å². The van der Waals surface area contributed by atoms with E-state index in [4.69, 9.17) is 0 Å². The molecular weight excluding hydrogens is 230 g/mol. The third kappa shape index (κ3) is 2.00. The van der Waals surface area contributed by atoms with Gasteiger partial charge in [0.25, 0.3) is 0 Å². The van der Waals surface area contributed by atoms with Crippen molar-refractivity contribution in [1.29, 1.82) is 0 Å². The highest BCUT2D eigenvalue weighted by Crippen LogP contribution is 2.22. The highest BCUT2D eigenvalue weighted by molar-refractivity contribution is 9.10. The molecule has 0 bridgehead atoms. The van der Waals surface area contributed by atoms with Crippen molar-refractivity contribution >= 4 is 21.7 Å². The second-order valence-corrected chi connectivity index (χ2v) is 4.02. The van der Waals surface area contributed by atoms with Gasteiger partial charge in [-0.15, -0.1) is 0 Å². The van der Waals surface area contributed by atoms with Crippen LogP contribution in [0.1, 0.15) is 0 Å². The first-order valence-corrected chi connectivity index (χ1v) is 5.34. The van der Waals surface area contributed by atoms with E-state index in [9.17, 15) is 0 Å². The molecule has 0 unspecified atom stereocenters. The van der Waals surface area contributed by atoms with Crippen LogP contribution in [0.4, 0.5) is 5.82 Å². The Bertz CT molecular complexity index is 284. The zero-order valence-corrected chi connectivity index (χ0v) is 9.00. The predicted molar refractivity (Wildman–Crippen MR) is 55.8 cm³/mol. The van der Waals surface area contributed by atoms with E-state index < -0.39 is 0 Å². The minimum absolute atomic E-state index is 1.08. The molecule has 0 atom stereocenters. The van der Waals surface area contributed by atoms with Gasteiger partial charge in [-0.3, -0.25) is 0 Å². The number of aromatic nitrogens is 1. The van der Waals surface area contributed by atoms with Crippen LogP contribution in [0, 0.1) is 0 Å². The van der Waals surface area contributed by atoms with Crippen molar-refractivity contribution in [2.45, 2.75) is 0 Å². The van der Waals surface area contributed by atoms with Gasteiger partial charge < -0.3 is 10.2 Å². The molecule has 1 aromatic heterocycles. The topological polar surface area (TPSA) is 32.7 Å². The van der Waals surface area contributed by atoms with E-state index >= 15 is 0 Å². The number of anilines is 1. The molecule has 0 aliphatic carbocycles. The largest absolute Gasteiger partial charge is 0.344 e. The lowest BCUT2D eigenvalue weighted by molar-refractivity contribution is -0.655. The SMILES string of the molecule is Brc1cccnc1N1CC[NH2+]CC1. The summed E-state index contributed by atoms with van der Waals surface area (Å²) in [5, 5.41) is 2.34. The van der Waals surface area contributed by atoms with Crippen molar-refractivity contribution in [1.82, 2.24) is 4.98 Å². The summed E-state index contributed by atoms with van der Waals surface area (Å²) >= 11 is 3.52. The zero-order valence-electron chi connectivity index (χ0n) is 7.41. The fourth-order valence-corrected chi connectivity index (χ4v) is 2.08. The Balaban J connectivity index is 2.18. The van der Waals surface area contributed by atoms with Gasteiger partial charge in [-0.2, -0.15) is 0 Å². The zero-order chi connectivity index (χ0) is 9.10. The second-order valence-electron chi connectivity index (χ2n) is 3.16. The maximum Gasteiger partial charge on any atom is 0.143 e. The average molecular weight is 243 g/mol. The van der Waals surface area contributed by atoms with E-state index in [0.29, 0.717) is 0 Å². The first kappa shape index (κ1) is 8.97. The molecule has 0 saturated carbocycles. The summed E-state index contributed by atoms with van der Waals surface area (Å²) in [6, 6.07) is 3.99. The second kappa shape index (κ2) is 4.07. The van der Waals surface area contributed by atoms with E-state index in [1.54, 1.807) is 0 Å². The van der Waals surface area contributed by atoms with Crippen LogP contribution in [0.5, 0.6) is 0 Å². The molecule has 3 nitrogen and oxygen atoms in total. The molecule has 0 amide bonds. The molecule has 2 heterocycles. The molecule has 1 aliphatic rings. The summed E-state index contributed by atoms with van der Waals surface area (Å²) in [6.45, 7) is 4.53. The summed E-state index contributed by atoms with van der Waals surface area (Å²) in [7, 11) is 0. The molecular formula is C9H13BrN3+. The summed E-state index contributed by atoms with van der Waals surface area (Å²) in [5.41, 5.74) is 0. The van der Waals surface area contributed by atoms with E-state index in [1.807, 2.05) is 18.3 Å².